The molecule has 0 radical (unpaired) electrons. The number of amides is 2. The van der Waals surface area contributed by atoms with Crippen molar-refractivity contribution in [2.24, 2.45) is 0 Å². The number of rotatable bonds is 5. The normalized spacial score (nSPS) is 19.4. The van der Waals surface area contributed by atoms with E-state index in [9.17, 15) is 18.9 Å². The van der Waals surface area contributed by atoms with Gasteiger partial charge < -0.3 is 24.7 Å². The molecule has 0 aromatic carbocycles. The van der Waals surface area contributed by atoms with Crippen LogP contribution in [-0.2, 0) is 23.7 Å². The maximum Gasteiger partial charge on any atom is 0.334 e. The van der Waals surface area contributed by atoms with E-state index in [0.29, 0.717) is 0 Å². The Balaban J connectivity index is 2.79. The summed E-state index contributed by atoms with van der Waals surface area (Å²) in [6, 6.07) is -1.10. The quantitative estimate of drug-likeness (QED) is 0.413. The number of carbonyl (C=O) groups excluding carboxylic acids is 3. The van der Waals surface area contributed by atoms with Gasteiger partial charge >= 0.3 is 13.6 Å². The third kappa shape index (κ3) is 4.92. The second-order valence-electron chi connectivity index (χ2n) is 4.23. The molecule has 1 atom stereocenters. The molecule has 9 nitrogen and oxygen atoms in total. The number of nitrogens with one attached hydrogen (secondary N) is 1. The molecule has 1 aliphatic heterocycles. The second kappa shape index (κ2) is 6.83. The van der Waals surface area contributed by atoms with Crippen LogP contribution in [0.4, 0.5) is 0 Å². The van der Waals surface area contributed by atoms with Crippen LogP contribution in [0.15, 0.2) is 0 Å². The van der Waals surface area contributed by atoms with E-state index in [1.807, 2.05) is 0 Å². The molecule has 1 heterocycles. The summed E-state index contributed by atoms with van der Waals surface area (Å²) in [4.78, 5) is 53.6. The molecular formula is C10H17N2O7P. The van der Waals surface area contributed by atoms with Gasteiger partial charge in [0.2, 0.25) is 11.8 Å². The molecular weight excluding hydrogens is 291 g/mol. The number of hydrogen-bond acceptors (Lipinski definition) is 5. The van der Waals surface area contributed by atoms with Gasteiger partial charge in [-0.1, -0.05) is 0 Å². The van der Waals surface area contributed by atoms with Crippen LogP contribution in [0.3, 0.4) is 0 Å². The van der Waals surface area contributed by atoms with Gasteiger partial charge in [0.25, 0.3) is 0 Å². The molecule has 0 spiro atoms. The first-order chi connectivity index (χ1) is 9.24. The largest absolute Gasteiger partial charge is 0.466 e. The van der Waals surface area contributed by atoms with Crippen LogP contribution in [0.25, 0.3) is 0 Å². The Morgan fingerprint density at radius 2 is 2.15 bits per heavy atom. The summed E-state index contributed by atoms with van der Waals surface area (Å²) in [5, 5.41) is 2.49. The Bertz CT molecular complexity index is 447. The number of piperazine rings is 1. The van der Waals surface area contributed by atoms with E-state index in [1.54, 1.807) is 6.92 Å². The van der Waals surface area contributed by atoms with Crippen LogP contribution in [0.1, 0.15) is 13.3 Å². The predicted molar refractivity (Wildman–Crippen MR) is 66.7 cm³/mol. The number of ether oxygens (including phenoxy) is 1. The Morgan fingerprint density at radius 3 is 2.70 bits per heavy atom. The summed E-state index contributed by atoms with van der Waals surface area (Å²) in [6.07, 6.45) is -1.33. The van der Waals surface area contributed by atoms with Crippen molar-refractivity contribution in [1.82, 2.24) is 10.2 Å². The topological polar surface area (TPSA) is 133 Å². The molecule has 1 unspecified atom stereocenters. The minimum absolute atomic E-state index is 0.0919. The average molecular weight is 308 g/mol. The van der Waals surface area contributed by atoms with Gasteiger partial charge in [0.1, 0.15) is 12.2 Å². The maximum atomic E-state index is 11.8. The Morgan fingerprint density at radius 1 is 1.50 bits per heavy atom. The van der Waals surface area contributed by atoms with Gasteiger partial charge in [-0.2, -0.15) is 0 Å². The fourth-order valence-corrected chi connectivity index (χ4v) is 2.40. The Kier molecular flexibility index (Phi) is 5.67. The fraction of sp³-hybridized carbons (Fsp3) is 0.700. The molecule has 1 rings (SSSR count). The molecule has 1 aliphatic rings. The maximum absolute atomic E-state index is 11.8. The lowest BCUT2D eigenvalue weighted by atomic mass is 10.1. The van der Waals surface area contributed by atoms with Crippen molar-refractivity contribution in [1.29, 1.82) is 0 Å². The summed E-state index contributed by atoms with van der Waals surface area (Å²) < 4.78 is 15.6. The highest BCUT2D eigenvalue weighted by Crippen LogP contribution is 2.34. The lowest BCUT2D eigenvalue weighted by Crippen LogP contribution is -2.58. The predicted octanol–water partition coefficient (Wildman–Crippen LogP) is -1.56. The van der Waals surface area contributed by atoms with E-state index in [1.165, 1.54) is 0 Å². The van der Waals surface area contributed by atoms with Crippen LogP contribution in [0.2, 0.25) is 0 Å². The smallest absolute Gasteiger partial charge is 0.334 e. The van der Waals surface area contributed by atoms with Gasteiger partial charge in [0.05, 0.1) is 13.0 Å². The van der Waals surface area contributed by atoms with E-state index in [-0.39, 0.29) is 26.1 Å². The number of carbonyl (C=O) groups is 3. The average Bonchev–Trinajstić information content (AvgIpc) is 2.29. The van der Waals surface area contributed by atoms with Crippen molar-refractivity contribution < 1.29 is 33.5 Å². The molecule has 0 saturated carbocycles. The molecule has 0 aliphatic carbocycles. The van der Waals surface area contributed by atoms with Crippen molar-refractivity contribution in [2.75, 3.05) is 25.9 Å². The van der Waals surface area contributed by atoms with Gasteiger partial charge in [0.15, 0.2) is 0 Å². The van der Waals surface area contributed by atoms with Crippen molar-refractivity contribution in [3.63, 3.8) is 0 Å². The highest BCUT2D eigenvalue weighted by molar-refractivity contribution is 7.52. The Hall–Kier alpha value is -1.44. The standard InChI is InChI=1S/C10H17N2O7P/c1-2-19-9(14)5-7-10(15)11-3-4-12(7)8(13)6-20(16,17)18/h7H,2-6H2,1H3,(H,11,15)(H2,16,17,18). The van der Waals surface area contributed by atoms with Gasteiger partial charge in [-0.15, -0.1) is 0 Å². The minimum atomic E-state index is -4.52. The molecule has 0 aromatic heterocycles. The van der Waals surface area contributed by atoms with Gasteiger partial charge in [-0.05, 0) is 6.92 Å². The first kappa shape index (κ1) is 16.6. The molecule has 3 N–H and O–H groups in total. The monoisotopic (exact) mass is 308 g/mol. The summed E-state index contributed by atoms with van der Waals surface area (Å²) in [5.74, 6) is -2.05. The van der Waals surface area contributed by atoms with E-state index < -0.39 is 37.6 Å². The first-order valence-electron chi connectivity index (χ1n) is 6.02. The molecule has 1 saturated heterocycles. The molecule has 2 amide bonds. The molecule has 0 bridgehead atoms. The van der Waals surface area contributed by atoms with Crippen molar-refractivity contribution in [2.45, 2.75) is 19.4 Å². The zero-order chi connectivity index (χ0) is 15.3. The van der Waals surface area contributed by atoms with Gasteiger partial charge in [-0.25, -0.2) is 0 Å². The van der Waals surface area contributed by atoms with Crippen LogP contribution in [-0.4, -0.2) is 64.4 Å². The van der Waals surface area contributed by atoms with E-state index >= 15 is 0 Å². The van der Waals surface area contributed by atoms with Gasteiger partial charge in [-0.3, -0.25) is 18.9 Å². The summed E-state index contributed by atoms with van der Waals surface area (Å²) in [5.41, 5.74) is 0. The highest BCUT2D eigenvalue weighted by atomic mass is 31.2. The molecule has 20 heavy (non-hydrogen) atoms. The SMILES string of the molecule is CCOC(=O)CC1C(=O)NCCN1C(=O)CP(=O)(O)O. The zero-order valence-electron chi connectivity index (χ0n) is 10.9. The summed E-state index contributed by atoms with van der Waals surface area (Å²) in [7, 11) is -4.52. The minimum Gasteiger partial charge on any atom is -0.466 e. The summed E-state index contributed by atoms with van der Waals surface area (Å²) in [6.45, 7) is 2.01. The van der Waals surface area contributed by atoms with Crippen molar-refractivity contribution in [3.05, 3.63) is 0 Å². The van der Waals surface area contributed by atoms with E-state index in [2.05, 4.69) is 5.32 Å². The van der Waals surface area contributed by atoms with E-state index in [4.69, 9.17) is 14.5 Å². The second-order valence-corrected chi connectivity index (χ2v) is 5.87. The molecule has 114 valence electrons. The van der Waals surface area contributed by atoms with E-state index in [0.717, 1.165) is 4.90 Å². The number of hydrogen-bond donors (Lipinski definition) is 3. The zero-order valence-corrected chi connectivity index (χ0v) is 11.8. The van der Waals surface area contributed by atoms with Crippen molar-refractivity contribution in [3.8, 4) is 0 Å². The third-order valence-electron chi connectivity index (χ3n) is 2.66. The third-order valence-corrected chi connectivity index (χ3v) is 3.34. The van der Waals surface area contributed by atoms with Gasteiger partial charge in [0, 0.05) is 13.1 Å². The number of esters is 1. The lowest BCUT2D eigenvalue weighted by molar-refractivity contribution is -0.150. The van der Waals surface area contributed by atoms with Crippen LogP contribution in [0.5, 0.6) is 0 Å². The van der Waals surface area contributed by atoms with Crippen LogP contribution in [0, 0.1) is 0 Å². The fourth-order valence-electron chi connectivity index (χ4n) is 1.86. The highest BCUT2D eigenvalue weighted by Gasteiger charge is 2.37. The first-order valence-corrected chi connectivity index (χ1v) is 7.81. The summed E-state index contributed by atoms with van der Waals surface area (Å²) >= 11 is 0. The molecule has 10 heteroatoms. The molecule has 1 fully saturated rings. The Labute approximate surface area is 115 Å². The number of nitrogens with zero attached hydrogens (tertiary/aromatic N) is 1. The van der Waals surface area contributed by atoms with Crippen LogP contribution >= 0.6 is 7.60 Å². The molecule has 0 aromatic rings. The van der Waals surface area contributed by atoms with Crippen LogP contribution < -0.4 is 5.32 Å². The lowest BCUT2D eigenvalue weighted by Gasteiger charge is -2.34. The van der Waals surface area contributed by atoms with Crippen molar-refractivity contribution >= 4 is 25.4 Å².